The van der Waals surface area contributed by atoms with Crippen LogP contribution < -0.4 is 4.74 Å². The van der Waals surface area contributed by atoms with E-state index >= 15 is 0 Å². The number of hydrogen-bond donors (Lipinski definition) is 0. The number of halogens is 1. The molecule has 110 valence electrons. The molecular formula is C14H14ClN3O3. The third-order valence-corrected chi connectivity index (χ3v) is 3.20. The van der Waals surface area contributed by atoms with Crippen LogP contribution in [0.15, 0.2) is 24.5 Å². The summed E-state index contributed by atoms with van der Waals surface area (Å²) in [5, 5.41) is 11.4. The minimum atomic E-state index is -0.482. The summed E-state index contributed by atoms with van der Waals surface area (Å²) in [4.78, 5) is 18.6. The molecule has 7 heteroatoms. The predicted octanol–water partition coefficient (Wildman–Crippen LogP) is 4.09. The molecule has 0 aliphatic heterocycles. The van der Waals surface area contributed by atoms with Crippen molar-refractivity contribution in [1.82, 2.24) is 9.97 Å². The summed E-state index contributed by atoms with van der Waals surface area (Å²) in [6.45, 7) is 3.77. The monoisotopic (exact) mass is 307 g/mol. The maximum Gasteiger partial charge on any atom is 0.311 e. The lowest BCUT2D eigenvalue weighted by Crippen LogP contribution is -2.00. The van der Waals surface area contributed by atoms with Gasteiger partial charge in [-0.3, -0.25) is 10.1 Å². The van der Waals surface area contributed by atoms with Gasteiger partial charge in [0.15, 0.2) is 0 Å². The molecule has 0 N–H and O–H groups in total. The van der Waals surface area contributed by atoms with Crippen LogP contribution in [0, 0.1) is 17.0 Å². The SMILES string of the molecule is CCCc1c(Cl)ncnc1Oc1ccc(C)cc1[N+](=O)[O-]. The second-order valence-electron chi connectivity index (χ2n) is 4.53. The van der Waals surface area contributed by atoms with Crippen LogP contribution in [-0.4, -0.2) is 14.9 Å². The third-order valence-electron chi connectivity index (χ3n) is 2.87. The van der Waals surface area contributed by atoms with Crippen LogP contribution in [-0.2, 0) is 6.42 Å². The summed E-state index contributed by atoms with van der Waals surface area (Å²) in [5.74, 6) is 0.390. The second kappa shape index (κ2) is 6.49. The van der Waals surface area contributed by atoms with Gasteiger partial charge >= 0.3 is 5.69 Å². The van der Waals surface area contributed by atoms with Gasteiger partial charge in [0.2, 0.25) is 11.6 Å². The minimum absolute atomic E-state index is 0.104. The average molecular weight is 308 g/mol. The fourth-order valence-electron chi connectivity index (χ4n) is 1.88. The summed E-state index contributed by atoms with van der Waals surface area (Å²) in [6.07, 6.45) is 2.74. The van der Waals surface area contributed by atoms with Crippen LogP contribution in [0.3, 0.4) is 0 Å². The van der Waals surface area contributed by atoms with E-state index in [1.54, 1.807) is 19.1 Å². The van der Waals surface area contributed by atoms with Crippen molar-refractivity contribution in [3.63, 3.8) is 0 Å². The van der Waals surface area contributed by atoms with Crippen molar-refractivity contribution in [2.45, 2.75) is 26.7 Å². The van der Waals surface area contributed by atoms with Crippen molar-refractivity contribution in [2.24, 2.45) is 0 Å². The lowest BCUT2D eigenvalue weighted by molar-refractivity contribution is -0.385. The number of aromatic nitrogens is 2. The van der Waals surface area contributed by atoms with Gasteiger partial charge in [-0.2, -0.15) is 0 Å². The number of hydrogen-bond acceptors (Lipinski definition) is 5. The first-order valence-electron chi connectivity index (χ1n) is 6.45. The summed E-state index contributed by atoms with van der Waals surface area (Å²) in [5.41, 5.74) is 1.33. The molecule has 1 heterocycles. The normalized spacial score (nSPS) is 10.4. The Kier molecular flexibility index (Phi) is 4.70. The molecule has 0 radical (unpaired) electrons. The minimum Gasteiger partial charge on any atom is -0.431 e. The summed E-state index contributed by atoms with van der Waals surface area (Å²) in [6, 6.07) is 4.75. The lowest BCUT2D eigenvalue weighted by Gasteiger charge is -2.10. The van der Waals surface area contributed by atoms with Crippen LogP contribution in [0.1, 0.15) is 24.5 Å². The highest BCUT2D eigenvalue weighted by atomic mass is 35.5. The van der Waals surface area contributed by atoms with E-state index in [0.717, 1.165) is 12.0 Å². The molecule has 1 aromatic heterocycles. The van der Waals surface area contributed by atoms with Crippen LogP contribution >= 0.6 is 11.6 Å². The van der Waals surface area contributed by atoms with Gasteiger partial charge in [-0.05, 0) is 25.0 Å². The Morgan fingerprint density at radius 3 is 2.81 bits per heavy atom. The van der Waals surface area contributed by atoms with Gasteiger partial charge in [0.05, 0.1) is 10.5 Å². The molecule has 0 unspecified atom stereocenters. The van der Waals surface area contributed by atoms with Gasteiger partial charge in [-0.15, -0.1) is 0 Å². The first kappa shape index (κ1) is 15.2. The van der Waals surface area contributed by atoms with E-state index in [1.807, 2.05) is 6.92 Å². The largest absolute Gasteiger partial charge is 0.431 e. The number of nitrogens with zero attached hydrogens (tertiary/aromatic N) is 3. The highest BCUT2D eigenvalue weighted by molar-refractivity contribution is 6.30. The molecule has 1 aromatic carbocycles. The number of rotatable bonds is 5. The smallest absolute Gasteiger partial charge is 0.311 e. The van der Waals surface area contributed by atoms with E-state index in [1.165, 1.54) is 12.4 Å². The van der Waals surface area contributed by atoms with Gasteiger partial charge in [0.1, 0.15) is 11.5 Å². The summed E-state index contributed by atoms with van der Waals surface area (Å²) in [7, 11) is 0. The van der Waals surface area contributed by atoms with E-state index < -0.39 is 4.92 Å². The average Bonchev–Trinajstić information content (AvgIpc) is 2.44. The fraction of sp³-hybridized carbons (Fsp3) is 0.286. The Bertz CT molecular complexity index is 677. The van der Waals surface area contributed by atoms with Crippen molar-refractivity contribution < 1.29 is 9.66 Å². The quantitative estimate of drug-likeness (QED) is 0.472. The standard InChI is InChI=1S/C14H14ClN3O3/c1-3-4-10-13(15)16-8-17-14(10)21-12-6-5-9(2)7-11(12)18(19)20/h5-8H,3-4H2,1-2H3. The number of nitro benzene ring substituents is 1. The number of benzene rings is 1. The van der Waals surface area contributed by atoms with Gasteiger partial charge in [-0.1, -0.05) is 31.0 Å². The Morgan fingerprint density at radius 2 is 2.14 bits per heavy atom. The number of ether oxygens (including phenoxy) is 1. The third kappa shape index (κ3) is 3.46. The van der Waals surface area contributed by atoms with Crippen molar-refractivity contribution in [3.8, 4) is 11.6 Å². The number of aryl methyl sites for hydroxylation is 1. The van der Waals surface area contributed by atoms with Crippen molar-refractivity contribution in [3.05, 3.63) is 50.9 Å². The highest BCUT2D eigenvalue weighted by Crippen LogP contribution is 2.34. The highest BCUT2D eigenvalue weighted by Gasteiger charge is 2.19. The second-order valence-corrected chi connectivity index (χ2v) is 4.89. The zero-order chi connectivity index (χ0) is 15.4. The van der Waals surface area contributed by atoms with Crippen LogP contribution in [0.25, 0.3) is 0 Å². The van der Waals surface area contributed by atoms with E-state index in [4.69, 9.17) is 16.3 Å². The molecule has 0 spiro atoms. The molecule has 0 amide bonds. The Labute approximate surface area is 126 Å². The Hall–Kier alpha value is -2.21. The zero-order valence-corrected chi connectivity index (χ0v) is 12.4. The summed E-state index contributed by atoms with van der Waals surface area (Å²) >= 11 is 6.04. The molecule has 0 saturated carbocycles. The van der Waals surface area contributed by atoms with Crippen LogP contribution in [0.4, 0.5) is 5.69 Å². The molecule has 0 fully saturated rings. The Morgan fingerprint density at radius 1 is 1.38 bits per heavy atom. The van der Waals surface area contributed by atoms with E-state index in [2.05, 4.69) is 9.97 Å². The molecule has 0 bridgehead atoms. The van der Waals surface area contributed by atoms with Crippen molar-refractivity contribution in [2.75, 3.05) is 0 Å². The molecule has 2 aromatic rings. The first-order valence-corrected chi connectivity index (χ1v) is 6.83. The zero-order valence-electron chi connectivity index (χ0n) is 11.7. The van der Waals surface area contributed by atoms with E-state index in [-0.39, 0.29) is 17.3 Å². The molecular weight excluding hydrogens is 294 g/mol. The number of nitro groups is 1. The topological polar surface area (TPSA) is 78.2 Å². The van der Waals surface area contributed by atoms with Gasteiger partial charge in [0.25, 0.3) is 0 Å². The molecule has 0 aliphatic carbocycles. The maximum atomic E-state index is 11.1. The molecule has 0 saturated heterocycles. The lowest BCUT2D eigenvalue weighted by atomic mass is 10.2. The van der Waals surface area contributed by atoms with Crippen LogP contribution in [0.2, 0.25) is 5.15 Å². The maximum absolute atomic E-state index is 11.1. The van der Waals surface area contributed by atoms with E-state index in [0.29, 0.717) is 17.1 Å². The molecule has 0 aliphatic rings. The van der Waals surface area contributed by atoms with Gasteiger partial charge in [-0.25, -0.2) is 9.97 Å². The first-order chi connectivity index (χ1) is 10.0. The molecule has 0 atom stereocenters. The van der Waals surface area contributed by atoms with Gasteiger partial charge in [0, 0.05) is 6.07 Å². The molecule has 2 rings (SSSR count). The summed E-state index contributed by atoms with van der Waals surface area (Å²) < 4.78 is 5.61. The van der Waals surface area contributed by atoms with Crippen LogP contribution in [0.5, 0.6) is 11.6 Å². The van der Waals surface area contributed by atoms with Crippen molar-refractivity contribution >= 4 is 17.3 Å². The predicted molar refractivity (Wildman–Crippen MR) is 78.9 cm³/mol. The van der Waals surface area contributed by atoms with Crippen molar-refractivity contribution in [1.29, 1.82) is 0 Å². The molecule has 21 heavy (non-hydrogen) atoms. The fourth-order valence-corrected chi connectivity index (χ4v) is 2.10. The van der Waals surface area contributed by atoms with Gasteiger partial charge < -0.3 is 4.74 Å². The van der Waals surface area contributed by atoms with E-state index in [9.17, 15) is 10.1 Å². The Balaban J connectivity index is 2.43. The molecule has 6 nitrogen and oxygen atoms in total.